The highest BCUT2D eigenvalue weighted by Crippen LogP contribution is 2.22. The summed E-state index contributed by atoms with van der Waals surface area (Å²) in [5, 5.41) is 1.03. The maximum atomic E-state index is 12.2. The molecule has 1 aromatic heterocycles. The van der Waals surface area contributed by atoms with Gasteiger partial charge in [0.2, 0.25) is 5.91 Å². The summed E-state index contributed by atoms with van der Waals surface area (Å²) in [6.07, 6.45) is 2.99. The number of carbonyl (C=O) groups excluding carboxylic acids is 2. The fraction of sp³-hybridized carbons (Fsp3) is 0.222. The summed E-state index contributed by atoms with van der Waals surface area (Å²) < 4.78 is 10.2. The molecule has 25 heavy (non-hydrogen) atoms. The van der Waals surface area contributed by atoms with Gasteiger partial charge >= 0.3 is 5.97 Å². The molecule has 5 nitrogen and oxygen atoms in total. The summed E-state index contributed by atoms with van der Waals surface area (Å²) in [5.74, 6) is 0.216. The number of esters is 1. The molecular weight excluding hydrogens is 365 g/mol. The molecule has 0 saturated carbocycles. The molecule has 1 heterocycles. The van der Waals surface area contributed by atoms with Gasteiger partial charge in [-0.15, -0.1) is 0 Å². The molecule has 0 spiro atoms. The van der Waals surface area contributed by atoms with Crippen LogP contribution in [0, 0.1) is 6.92 Å². The van der Waals surface area contributed by atoms with E-state index in [4.69, 9.17) is 27.6 Å². The van der Waals surface area contributed by atoms with Crippen LogP contribution >= 0.6 is 23.2 Å². The molecule has 0 N–H and O–H groups in total. The van der Waals surface area contributed by atoms with Crippen molar-refractivity contribution in [2.75, 3.05) is 14.2 Å². The molecule has 2 aromatic rings. The van der Waals surface area contributed by atoms with Gasteiger partial charge in [0, 0.05) is 23.2 Å². The molecule has 0 radical (unpaired) electrons. The Morgan fingerprint density at radius 3 is 2.68 bits per heavy atom. The van der Waals surface area contributed by atoms with Crippen molar-refractivity contribution in [1.82, 2.24) is 4.90 Å². The predicted molar refractivity (Wildman–Crippen MR) is 96.8 cm³/mol. The minimum absolute atomic E-state index is 0.213. The van der Waals surface area contributed by atoms with Gasteiger partial charge in [-0.3, -0.25) is 4.79 Å². The minimum Gasteiger partial charge on any atom is -0.465 e. The first kappa shape index (κ1) is 19.1. The van der Waals surface area contributed by atoms with Crippen molar-refractivity contribution in [2.24, 2.45) is 0 Å². The van der Waals surface area contributed by atoms with Crippen LogP contribution in [0.3, 0.4) is 0 Å². The van der Waals surface area contributed by atoms with Crippen molar-refractivity contribution in [1.29, 1.82) is 0 Å². The van der Waals surface area contributed by atoms with Crippen molar-refractivity contribution < 1.29 is 18.7 Å². The van der Waals surface area contributed by atoms with Gasteiger partial charge in [0.15, 0.2) is 0 Å². The van der Waals surface area contributed by atoms with Gasteiger partial charge in [0.05, 0.1) is 13.7 Å². The number of halogens is 2. The number of nitrogens with zero attached hydrogens (tertiary/aromatic N) is 1. The van der Waals surface area contributed by atoms with Gasteiger partial charge in [-0.05, 0) is 42.8 Å². The van der Waals surface area contributed by atoms with E-state index in [1.165, 1.54) is 18.1 Å². The lowest BCUT2D eigenvalue weighted by Crippen LogP contribution is -2.23. The van der Waals surface area contributed by atoms with E-state index in [0.29, 0.717) is 32.7 Å². The van der Waals surface area contributed by atoms with Crippen molar-refractivity contribution in [3.05, 3.63) is 63.0 Å². The number of hydrogen-bond acceptors (Lipinski definition) is 4. The highest BCUT2D eigenvalue weighted by molar-refractivity contribution is 6.34. The zero-order valence-electron chi connectivity index (χ0n) is 14.0. The molecule has 0 saturated heterocycles. The van der Waals surface area contributed by atoms with Crippen LogP contribution in [0.1, 0.15) is 27.4 Å². The molecule has 1 aromatic carbocycles. The van der Waals surface area contributed by atoms with Gasteiger partial charge in [0.1, 0.15) is 17.1 Å². The maximum absolute atomic E-state index is 12.2. The number of methoxy groups -OCH3 is 1. The van der Waals surface area contributed by atoms with E-state index in [1.54, 1.807) is 44.3 Å². The Hall–Kier alpha value is -2.24. The number of amides is 1. The SMILES string of the molecule is COC(=O)c1cc(CN(C)C(=O)/C=C/c2cc(Cl)ccc2Cl)oc1C. The van der Waals surface area contributed by atoms with Crippen molar-refractivity contribution >= 4 is 41.2 Å². The van der Waals surface area contributed by atoms with Crippen LogP contribution in [0.25, 0.3) is 6.08 Å². The molecular formula is C18H17Cl2NO4. The lowest BCUT2D eigenvalue weighted by molar-refractivity contribution is -0.125. The molecule has 2 rings (SSSR count). The number of ether oxygens (including phenoxy) is 1. The molecule has 7 heteroatoms. The second-order valence-corrected chi connectivity index (χ2v) is 6.21. The lowest BCUT2D eigenvalue weighted by atomic mass is 10.2. The quantitative estimate of drug-likeness (QED) is 0.570. The first-order valence-corrected chi connectivity index (χ1v) is 8.13. The maximum Gasteiger partial charge on any atom is 0.341 e. The Kier molecular flexibility index (Phi) is 6.28. The summed E-state index contributed by atoms with van der Waals surface area (Å²) in [4.78, 5) is 25.3. The third kappa shape index (κ3) is 4.87. The largest absolute Gasteiger partial charge is 0.465 e. The van der Waals surface area contributed by atoms with Crippen molar-refractivity contribution in [3.8, 4) is 0 Å². The van der Waals surface area contributed by atoms with Crippen LogP contribution in [0.2, 0.25) is 10.0 Å². The van der Waals surface area contributed by atoms with Crippen LogP contribution in [-0.2, 0) is 16.1 Å². The Bertz CT molecular complexity index is 826. The van der Waals surface area contributed by atoms with Gasteiger partial charge in [-0.1, -0.05) is 23.2 Å². The average Bonchev–Trinajstić information content (AvgIpc) is 2.94. The van der Waals surface area contributed by atoms with E-state index in [2.05, 4.69) is 4.74 Å². The van der Waals surface area contributed by atoms with E-state index >= 15 is 0 Å². The Labute approximate surface area is 155 Å². The van der Waals surface area contributed by atoms with E-state index < -0.39 is 5.97 Å². The molecule has 0 aliphatic carbocycles. The predicted octanol–water partition coefficient (Wildman–Crippen LogP) is 4.35. The fourth-order valence-corrected chi connectivity index (χ4v) is 2.54. The van der Waals surface area contributed by atoms with Crippen molar-refractivity contribution in [2.45, 2.75) is 13.5 Å². The molecule has 0 aliphatic rings. The Morgan fingerprint density at radius 1 is 1.28 bits per heavy atom. The number of hydrogen-bond donors (Lipinski definition) is 0. The van der Waals surface area contributed by atoms with Gasteiger partial charge in [-0.2, -0.15) is 0 Å². The topological polar surface area (TPSA) is 59.8 Å². The molecule has 0 atom stereocenters. The summed E-state index contributed by atoms with van der Waals surface area (Å²) >= 11 is 12.0. The third-order valence-corrected chi connectivity index (χ3v) is 4.09. The molecule has 0 fully saturated rings. The number of likely N-dealkylation sites (N-methyl/N-ethyl adjacent to an activating group) is 1. The van der Waals surface area contributed by atoms with Crippen LogP contribution in [0.4, 0.5) is 0 Å². The standard InChI is InChI=1S/C18H17Cl2NO4/c1-11-15(18(23)24-3)9-14(25-11)10-21(2)17(22)7-4-12-8-13(19)5-6-16(12)20/h4-9H,10H2,1-3H3/b7-4+. The van der Waals surface area contributed by atoms with Crippen molar-refractivity contribution in [3.63, 3.8) is 0 Å². The normalized spacial score (nSPS) is 10.9. The second-order valence-electron chi connectivity index (χ2n) is 5.37. The van der Waals surface area contributed by atoms with E-state index in [1.807, 2.05) is 0 Å². The smallest absolute Gasteiger partial charge is 0.341 e. The highest BCUT2D eigenvalue weighted by Gasteiger charge is 2.17. The number of rotatable bonds is 5. The number of furan rings is 1. The molecule has 1 amide bonds. The highest BCUT2D eigenvalue weighted by atomic mass is 35.5. The van der Waals surface area contributed by atoms with Crippen LogP contribution in [-0.4, -0.2) is 30.9 Å². The molecule has 0 unspecified atom stereocenters. The van der Waals surface area contributed by atoms with Gasteiger partial charge in [-0.25, -0.2) is 4.79 Å². The Balaban J connectivity index is 2.06. The first-order valence-electron chi connectivity index (χ1n) is 7.37. The van der Waals surface area contributed by atoms with Gasteiger partial charge in [0.25, 0.3) is 0 Å². The molecule has 0 aliphatic heterocycles. The molecule has 132 valence electrons. The lowest BCUT2D eigenvalue weighted by Gasteiger charge is -2.13. The zero-order valence-corrected chi connectivity index (χ0v) is 15.5. The summed E-state index contributed by atoms with van der Waals surface area (Å²) in [5.41, 5.74) is 0.998. The zero-order chi connectivity index (χ0) is 18.6. The third-order valence-electron chi connectivity index (χ3n) is 3.51. The average molecular weight is 382 g/mol. The first-order chi connectivity index (χ1) is 11.8. The van der Waals surface area contributed by atoms with Crippen LogP contribution in [0.15, 0.2) is 34.8 Å². The Morgan fingerprint density at radius 2 is 2.00 bits per heavy atom. The van der Waals surface area contributed by atoms with Gasteiger partial charge < -0.3 is 14.1 Å². The van der Waals surface area contributed by atoms with E-state index in [0.717, 1.165) is 0 Å². The summed E-state index contributed by atoms with van der Waals surface area (Å²) in [6.45, 7) is 1.88. The monoisotopic (exact) mass is 381 g/mol. The second kappa shape index (κ2) is 8.23. The fourth-order valence-electron chi connectivity index (χ4n) is 2.18. The van der Waals surface area contributed by atoms with Crippen LogP contribution < -0.4 is 0 Å². The summed E-state index contributed by atoms with van der Waals surface area (Å²) in [7, 11) is 2.93. The number of carbonyl (C=O) groups is 2. The number of aryl methyl sites for hydroxylation is 1. The van der Waals surface area contributed by atoms with E-state index in [9.17, 15) is 9.59 Å². The van der Waals surface area contributed by atoms with Crippen LogP contribution in [0.5, 0.6) is 0 Å². The molecule has 0 bridgehead atoms. The summed E-state index contributed by atoms with van der Waals surface area (Å²) in [6, 6.07) is 6.58. The van der Waals surface area contributed by atoms with E-state index in [-0.39, 0.29) is 12.5 Å². The minimum atomic E-state index is -0.475. The number of benzene rings is 1.